The summed E-state index contributed by atoms with van der Waals surface area (Å²) in [7, 11) is 0. The van der Waals surface area contributed by atoms with Crippen molar-refractivity contribution in [2.75, 3.05) is 0 Å². The first-order valence-corrected chi connectivity index (χ1v) is 8.48. The number of nitrogens with zero attached hydrogens (tertiary/aromatic N) is 15. The molecule has 0 rings (SSSR count). The zero-order valence-corrected chi connectivity index (χ0v) is 46.3. The molecule has 0 atom stereocenters. The maximum atomic E-state index is 8.36. The van der Waals surface area contributed by atoms with Crippen molar-refractivity contribution < 1.29 is 418 Å². The number of hydrogen-bond donors (Lipinski definition) is 15. The van der Waals surface area contributed by atoms with Crippen LogP contribution in [0.25, 0.3) is 0 Å². The van der Waals surface area contributed by atoms with Crippen LogP contribution in [-0.2, 0) is 0 Å². The van der Waals surface area contributed by atoms with E-state index in [2.05, 4.69) is 0 Å². The molecule has 0 unspecified atom stereocenters. The Morgan fingerprint density at radius 1 is 0.154 bits per heavy atom. The van der Waals surface area contributed by atoms with Crippen molar-refractivity contribution in [3.8, 4) is 0 Å². The fourth-order valence-corrected chi connectivity index (χ4v) is 0. The molecule has 0 radical (unpaired) electrons. The topological polar surface area (TPSA) is 951 Å². The molecule has 60 nitrogen and oxygen atoms in total. The van der Waals surface area contributed by atoms with Crippen molar-refractivity contribution in [2.24, 2.45) is 0 Å². The van der Waals surface area contributed by atoms with Crippen LogP contribution in [0.2, 0.25) is 0 Å². The van der Waals surface area contributed by atoms with E-state index < -0.39 is 76.3 Å². The predicted octanol–water partition coefficient (Wildman–Crippen LogP) is -19.6. The van der Waals surface area contributed by atoms with Gasteiger partial charge in [0.25, 0.3) is 76.3 Å². The van der Waals surface area contributed by atoms with Gasteiger partial charge >= 0.3 is 257 Å². The van der Waals surface area contributed by atoms with Crippen molar-refractivity contribution >= 4 is 0 Å². The van der Waals surface area contributed by atoms with E-state index in [9.17, 15) is 0 Å². The van der Waals surface area contributed by atoms with Gasteiger partial charge in [-0.1, -0.05) is 0 Å². The summed E-state index contributed by atoms with van der Waals surface area (Å²) in [4.78, 5) is 125. The van der Waals surface area contributed by atoms with Crippen LogP contribution in [0, 0.1) is 152 Å². The standard InChI is InChI=1S/5K.15HNO3.5H/c;;;;;15*2-1(3)4;;;;;/h;;;;;15*(H,2,3,4);;;;;/q5*+1;;;;;;;;;;;;;;;;5*-1. The summed E-state index contributed by atoms with van der Waals surface area (Å²) in [6, 6.07) is 0. The van der Waals surface area contributed by atoms with Crippen molar-refractivity contribution in [3.05, 3.63) is 152 Å². The minimum absolute atomic E-state index is 0. The molecule has 0 fully saturated rings. The average Bonchev–Trinajstić information content (AvgIpc) is 2.78. The van der Waals surface area contributed by atoms with Crippen LogP contribution in [-0.4, -0.2) is 154 Å². The Hall–Kier alpha value is -3.82. The molecule has 0 aromatic heterocycles. The van der Waals surface area contributed by atoms with Gasteiger partial charge in [-0.15, -0.1) is 152 Å². The fraction of sp³-hybridized carbons (Fsp3) is 0. The summed E-state index contributed by atoms with van der Waals surface area (Å²) in [5.41, 5.74) is 0. The van der Waals surface area contributed by atoms with Crippen LogP contribution in [0.3, 0.4) is 0 Å². The third-order valence-corrected chi connectivity index (χ3v) is 0. The smallest absolute Gasteiger partial charge is 1.00 e. The molecule has 0 aliphatic rings. The fourth-order valence-electron chi connectivity index (χ4n) is 0. The average molecular weight is 1150 g/mol. The third kappa shape index (κ3) is 14000. The maximum Gasteiger partial charge on any atom is 1.00 e. The summed E-state index contributed by atoms with van der Waals surface area (Å²) < 4.78 is 0. The SMILES string of the molecule is O=[N+]([O-])O.O=[N+]([O-])O.O=[N+]([O-])O.O=[N+]([O-])O.O=[N+]([O-])O.O=[N+]([O-])O.O=[N+]([O-])O.O=[N+]([O-])O.O=[N+]([O-])O.O=[N+]([O-])O.O=[N+]([O-])O.O=[N+]([O-])O.O=[N+]([O-])O.O=[N+]([O-])O.O=[N+]([O-])O.[H-].[H-].[H-].[H-].[H-].[K+].[K+].[K+].[K+].[K+]. The molecule has 0 bridgehead atoms. The van der Waals surface area contributed by atoms with E-state index in [1.54, 1.807) is 0 Å². The molecular formula is H20K5N15O45. The Morgan fingerprint density at radius 2 is 0.154 bits per heavy atom. The third-order valence-electron chi connectivity index (χ3n) is 0. The molecule has 0 saturated heterocycles. The number of rotatable bonds is 0. The van der Waals surface area contributed by atoms with Gasteiger partial charge in [0.2, 0.25) is 0 Å². The minimum Gasteiger partial charge on any atom is -1.00 e. The zero-order chi connectivity index (χ0) is 53.7. The zero-order valence-electron chi connectivity index (χ0n) is 35.7. The minimum atomic E-state index is -1.50. The summed E-state index contributed by atoms with van der Waals surface area (Å²) in [5, 5.41) is 205. The van der Waals surface area contributed by atoms with Gasteiger partial charge in [-0.05, 0) is 0 Å². The second-order valence-corrected chi connectivity index (χ2v) is 3.57. The van der Waals surface area contributed by atoms with Crippen LogP contribution in [0.1, 0.15) is 7.13 Å². The molecule has 0 aromatic carbocycles. The van der Waals surface area contributed by atoms with E-state index in [0.29, 0.717) is 0 Å². The molecule has 65 heavy (non-hydrogen) atoms. The molecule has 15 N–H and O–H groups in total. The normalized spacial score (nSPS) is 5.54. The first kappa shape index (κ1) is 131. The van der Waals surface area contributed by atoms with Crippen LogP contribution in [0.15, 0.2) is 0 Å². The van der Waals surface area contributed by atoms with Gasteiger partial charge in [-0.25, -0.2) is 0 Å². The predicted molar refractivity (Wildman–Crippen MR) is 137 cm³/mol. The summed E-state index contributed by atoms with van der Waals surface area (Å²) in [6.45, 7) is 0. The van der Waals surface area contributed by atoms with Gasteiger partial charge in [-0.2, -0.15) is 0 Å². The summed E-state index contributed by atoms with van der Waals surface area (Å²) in [6.07, 6.45) is 0. The van der Waals surface area contributed by atoms with Crippen molar-refractivity contribution in [2.45, 2.75) is 0 Å². The quantitative estimate of drug-likeness (QED) is 0.0608. The van der Waals surface area contributed by atoms with Gasteiger partial charge in [0.15, 0.2) is 0 Å². The second-order valence-electron chi connectivity index (χ2n) is 3.57. The van der Waals surface area contributed by atoms with Crippen LogP contribution >= 0.6 is 0 Å². The Balaban J connectivity index is -0.0000000133. The summed E-state index contributed by atoms with van der Waals surface area (Å²) >= 11 is 0. The van der Waals surface area contributed by atoms with Crippen molar-refractivity contribution in [1.29, 1.82) is 0 Å². The molecule has 0 saturated carbocycles. The Labute approximate surface area is 560 Å². The van der Waals surface area contributed by atoms with Crippen LogP contribution < -0.4 is 257 Å². The van der Waals surface area contributed by atoms with E-state index in [0.717, 1.165) is 0 Å². The molecule has 0 aliphatic carbocycles. The molecule has 0 spiro atoms. The number of hydrogen-bond acceptors (Lipinski definition) is 30. The first-order valence-electron chi connectivity index (χ1n) is 8.48. The molecular weight excluding hydrogens is 1130 g/mol. The van der Waals surface area contributed by atoms with E-state index >= 15 is 0 Å². The van der Waals surface area contributed by atoms with Crippen LogP contribution in [0.4, 0.5) is 0 Å². The van der Waals surface area contributed by atoms with Crippen molar-refractivity contribution in [3.63, 3.8) is 0 Å². The molecule has 0 aliphatic heterocycles. The second kappa shape index (κ2) is 124. The molecule has 0 aromatic rings. The van der Waals surface area contributed by atoms with E-state index in [1.807, 2.05) is 0 Å². The first-order chi connectivity index (χ1) is 26.0. The van der Waals surface area contributed by atoms with Gasteiger partial charge in [0, 0.05) is 0 Å². The van der Waals surface area contributed by atoms with E-state index in [-0.39, 0.29) is 264 Å². The van der Waals surface area contributed by atoms with E-state index in [1.165, 1.54) is 0 Å². The monoisotopic (exact) mass is 1140 g/mol. The largest absolute Gasteiger partial charge is 1.00 e. The molecule has 0 heterocycles. The van der Waals surface area contributed by atoms with E-state index in [4.69, 9.17) is 230 Å². The Kier molecular flexibility index (Phi) is 250. The Morgan fingerprint density at radius 3 is 0.154 bits per heavy atom. The van der Waals surface area contributed by atoms with Crippen molar-refractivity contribution in [1.82, 2.24) is 0 Å². The van der Waals surface area contributed by atoms with Crippen LogP contribution in [0.5, 0.6) is 0 Å². The van der Waals surface area contributed by atoms with Gasteiger partial charge in [0.05, 0.1) is 0 Å². The molecule has 370 valence electrons. The van der Waals surface area contributed by atoms with Gasteiger partial charge < -0.3 is 85.2 Å². The molecule has 0 amide bonds. The Bertz CT molecular complexity index is 797. The summed E-state index contributed by atoms with van der Waals surface area (Å²) in [5.74, 6) is 0. The van der Waals surface area contributed by atoms with Gasteiger partial charge in [0.1, 0.15) is 0 Å². The van der Waals surface area contributed by atoms with Gasteiger partial charge in [-0.3, -0.25) is 0 Å². The molecule has 65 heteroatoms. The maximum absolute atomic E-state index is 8.36.